The van der Waals surface area contributed by atoms with Gasteiger partial charge in [0.25, 0.3) is 5.91 Å². The zero-order valence-electron chi connectivity index (χ0n) is 15.1. The maximum Gasteiger partial charge on any atom is 0.251 e. The van der Waals surface area contributed by atoms with Crippen LogP contribution in [0.3, 0.4) is 0 Å². The average Bonchev–Trinajstić information content (AvgIpc) is 2.67. The standard InChI is InChI=1S/C20H21N3O3S/c1-3-26-17-11-4-14(5-12-17)6-13-18(24)23-20(27)22-16-9-7-15(8-10-16)19(25)21-2/h4-13H,3H2,1-2H3,(H,21,25)(H2,22,23,24,27)/b13-6+. The van der Waals surface area contributed by atoms with Gasteiger partial charge in [-0.1, -0.05) is 12.1 Å². The molecular weight excluding hydrogens is 362 g/mol. The second-order valence-electron chi connectivity index (χ2n) is 5.44. The Balaban J connectivity index is 1.85. The zero-order chi connectivity index (χ0) is 19.6. The molecule has 2 amide bonds. The first kappa shape index (κ1) is 20.1. The van der Waals surface area contributed by atoms with Crippen molar-refractivity contribution in [1.82, 2.24) is 10.6 Å². The number of nitrogens with one attached hydrogen (secondary N) is 3. The topological polar surface area (TPSA) is 79.5 Å². The van der Waals surface area contributed by atoms with Crippen molar-refractivity contribution in [2.45, 2.75) is 6.92 Å². The summed E-state index contributed by atoms with van der Waals surface area (Å²) in [5.74, 6) is 0.270. The summed E-state index contributed by atoms with van der Waals surface area (Å²) < 4.78 is 5.37. The largest absolute Gasteiger partial charge is 0.494 e. The fourth-order valence-electron chi connectivity index (χ4n) is 2.18. The highest BCUT2D eigenvalue weighted by atomic mass is 32.1. The quantitative estimate of drug-likeness (QED) is 0.528. The highest BCUT2D eigenvalue weighted by molar-refractivity contribution is 7.80. The molecule has 140 valence electrons. The lowest BCUT2D eigenvalue weighted by Gasteiger charge is -2.08. The molecule has 0 radical (unpaired) electrons. The minimum Gasteiger partial charge on any atom is -0.494 e. The molecule has 0 aromatic heterocycles. The van der Waals surface area contributed by atoms with E-state index in [-0.39, 0.29) is 16.9 Å². The van der Waals surface area contributed by atoms with E-state index in [1.165, 1.54) is 6.08 Å². The summed E-state index contributed by atoms with van der Waals surface area (Å²) in [5.41, 5.74) is 2.08. The Bertz CT molecular complexity index is 831. The van der Waals surface area contributed by atoms with Crippen LogP contribution >= 0.6 is 12.2 Å². The molecule has 2 aromatic carbocycles. The first-order chi connectivity index (χ1) is 13.0. The van der Waals surface area contributed by atoms with Crippen LogP contribution in [0.5, 0.6) is 5.75 Å². The molecule has 2 aromatic rings. The van der Waals surface area contributed by atoms with Crippen molar-refractivity contribution in [1.29, 1.82) is 0 Å². The molecule has 0 spiro atoms. The van der Waals surface area contributed by atoms with Crippen LogP contribution in [0.15, 0.2) is 54.6 Å². The second kappa shape index (κ2) is 10.1. The molecule has 27 heavy (non-hydrogen) atoms. The van der Waals surface area contributed by atoms with E-state index in [1.807, 2.05) is 31.2 Å². The summed E-state index contributed by atoms with van der Waals surface area (Å²) in [4.78, 5) is 23.5. The second-order valence-corrected chi connectivity index (χ2v) is 5.84. The molecule has 0 heterocycles. The predicted molar refractivity (Wildman–Crippen MR) is 111 cm³/mol. The van der Waals surface area contributed by atoms with E-state index in [0.29, 0.717) is 17.9 Å². The Morgan fingerprint density at radius 1 is 1.07 bits per heavy atom. The van der Waals surface area contributed by atoms with Crippen LogP contribution in [0.4, 0.5) is 5.69 Å². The molecule has 0 unspecified atom stereocenters. The molecule has 0 aliphatic heterocycles. The van der Waals surface area contributed by atoms with Gasteiger partial charge in [0.05, 0.1) is 6.61 Å². The summed E-state index contributed by atoms with van der Waals surface area (Å²) in [7, 11) is 1.57. The van der Waals surface area contributed by atoms with Crippen molar-refractivity contribution in [3.05, 3.63) is 65.7 Å². The van der Waals surface area contributed by atoms with Gasteiger partial charge in [0.1, 0.15) is 5.75 Å². The van der Waals surface area contributed by atoms with Crippen molar-refractivity contribution in [2.24, 2.45) is 0 Å². The maximum atomic E-state index is 12.0. The Kier molecular flexibility index (Phi) is 7.51. The normalized spacial score (nSPS) is 10.3. The van der Waals surface area contributed by atoms with E-state index < -0.39 is 0 Å². The Hall–Kier alpha value is -3.19. The van der Waals surface area contributed by atoms with Gasteiger partial charge in [-0.3, -0.25) is 14.9 Å². The molecule has 0 fully saturated rings. The SMILES string of the molecule is CCOc1ccc(/C=C/C(=O)NC(=S)Nc2ccc(C(=O)NC)cc2)cc1. The van der Waals surface area contributed by atoms with Crippen LogP contribution < -0.4 is 20.7 Å². The third-order valence-electron chi connectivity index (χ3n) is 3.49. The molecule has 0 bridgehead atoms. The number of anilines is 1. The summed E-state index contributed by atoms with van der Waals surface area (Å²) in [6, 6.07) is 14.1. The van der Waals surface area contributed by atoms with Crippen LogP contribution in [0, 0.1) is 0 Å². The van der Waals surface area contributed by atoms with E-state index in [4.69, 9.17) is 17.0 Å². The average molecular weight is 383 g/mol. The number of benzene rings is 2. The van der Waals surface area contributed by atoms with Crippen LogP contribution in [-0.2, 0) is 4.79 Å². The van der Waals surface area contributed by atoms with Gasteiger partial charge in [0.15, 0.2) is 5.11 Å². The molecule has 2 rings (SSSR count). The number of thiocarbonyl (C=S) groups is 1. The number of hydrogen-bond donors (Lipinski definition) is 3. The smallest absolute Gasteiger partial charge is 0.251 e. The van der Waals surface area contributed by atoms with Gasteiger partial charge in [-0.05, 0) is 67.2 Å². The third-order valence-corrected chi connectivity index (χ3v) is 3.69. The van der Waals surface area contributed by atoms with Crippen LogP contribution in [0.25, 0.3) is 6.08 Å². The highest BCUT2D eigenvalue weighted by Crippen LogP contribution is 2.13. The van der Waals surface area contributed by atoms with E-state index >= 15 is 0 Å². The van der Waals surface area contributed by atoms with E-state index in [1.54, 1.807) is 37.4 Å². The van der Waals surface area contributed by atoms with Gasteiger partial charge in [-0.2, -0.15) is 0 Å². The predicted octanol–water partition coefficient (Wildman–Crippen LogP) is 2.97. The van der Waals surface area contributed by atoms with Crippen molar-refractivity contribution >= 4 is 40.9 Å². The molecule has 0 atom stereocenters. The first-order valence-corrected chi connectivity index (χ1v) is 8.77. The molecule has 0 aliphatic carbocycles. The van der Waals surface area contributed by atoms with Crippen molar-refractivity contribution < 1.29 is 14.3 Å². The lowest BCUT2D eigenvalue weighted by molar-refractivity contribution is -0.115. The molecular formula is C20H21N3O3S. The number of rotatable bonds is 6. The summed E-state index contributed by atoms with van der Waals surface area (Å²) in [6.07, 6.45) is 3.09. The van der Waals surface area contributed by atoms with Gasteiger partial charge in [-0.25, -0.2) is 0 Å². The number of amides is 2. The van der Waals surface area contributed by atoms with Crippen LogP contribution in [0.1, 0.15) is 22.8 Å². The lowest BCUT2D eigenvalue weighted by atomic mass is 10.2. The Morgan fingerprint density at radius 2 is 1.74 bits per heavy atom. The van der Waals surface area contributed by atoms with Gasteiger partial charge >= 0.3 is 0 Å². The monoisotopic (exact) mass is 383 g/mol. The van der Waals surface area contributed by atoms with E-state index in [2.05, 4.69) is 16.0 Å². The summed E-state index contributed by atoms with van der Waals surface area (Å²) in [6.45, 7) is 2.53. The molecule has 6 nitrogen and oxygen atoms in total. The Labute approximate surface area is 163 Å². The number of hydrogen-bond acceptors (Lipinski definition) is 4. The van der Waals surface area contributed by atoms with Crippen LogP contribution in [0.2, 0.25) is 0 Å². The minimum atomic E-state index is -0.344. The fraction of sp³-hybridized carbons (Fsp3) is 0.150. The van der Waals surface area contributed by atoms with Gasteiger partial charge in [0, 0.05) is 24.4 Å². The third kappa shape index (κ3) is 6.56. The number of carbonyl (C=O) groups is 2. The van der Waals surface area contributed by atoms with Crippen LogP contribution in [-0.4, -0.2) is 30.6 Å². The number of carbonyl (C=O) groups excluding carboxylic acids is 2. The summed E-state index contributed by atoms with van der Waals surface area (Å²) in [5, 5.41) is 8.18. The number of ether oxygens (including phenoxy) is 1. The zero-order valence-corrected chi connectivity index (χ0v) is 15.9. The summed E-state index contributed by atoms with van der Waals surface area (Å²) >= 11 is 5.12. The minimum absolute atomic E-state index is 0.170. The fourth-order valence-corrected chi connectivity index (χ4v) is 2.40. The molecule has 3 N–H and O–H groups in total. The van der Waals surface area contributed by atoms with Gasteiger partial charge in [0.2, 0.25) is 5.91 Å². The molecule has 0 aliphatic rings. The molecule has 0 saturated carbocycles. The lowest BCUT2D eigenvalue weighted by Crippen LogP contribution is -2.32. The first-order valence-electron chi connectivity index (χ1n) is 8.37. The maximum absolute atomic E-state index is 12.0. The van der Waals surface area contributed by atoms with Gasteiger partial charge < -0.3 is 15.4 Å². The van der Waals surface area contributed by atoms with Crippen molar-refractivity contribution in [3.63, 3.8) is 0 Å². The molecule has 7 heteroatoms. The Morgan fingerprint density at radius 3 is 2.33 bits per heavy atom. The highest BCUT2D eigenvalue weighted by Gasteiger charge is 2.04. The van der Waals surface area contributed by atoms with E-state index in [0.717, 1.165) is 11.3 Å². The van der Waals surface area contributed by atoms with Crippen molar-refractivity contribution in [2.75, 3.05) is 19.0 Å². The van der Waals surface area contributed by atoms with Crippen molar-refractivity contribution in [3.8, 4) is 5.75 Å². The molecule has 0 saturated heterocycles. The van der Waals surface area contributed by atoms with E-state index in [9.17, 15) is 9.59 Å². The van der Waals surface area contributed by atoms with Gasteiger partial charge in [-0.15, -0.1) is 0 Å².